The first-order valence-electron chi connectivity index (χ1n) is 11.1. The van der Waals surface area contributed by atoms with Crippen LogP contribution in [0.3, 0.4) is 0 Å². The normalized spacial score (nSPS) is 15.2. The fourth-order valence-corrected chi connectivity index (χ4v) is 4.62. The summed E-state index contributed by atoms with van der Waals surface area (Å²) >= 11 is 0. The van der Waals surface area contributed by atoms with Gasteiger partial charge in [0, 0.05) is 5.56 Å². The Morgan fingerprint density at radius 2 is 1.84 bits per heavy atom. The van der Waals surface area contributed by atoms with Crippen molar-refractivity contribution in [3.05, 3.63) is 105 Å². The van der Waals surface area contributed by atoms with Crippen LogP contribution >= 0.6 is 0 Å². The Morgan fingerprint density at radius 3 is 2.54 bits per heavy atom. The summed E-state index contributed by atoms with van der Waals surface area (Å²) in [5.41, 5.74) is 6.07. The van der Waals surface area contributed by atoms with Crippen molar-refractivity contribution in [3.8, 4) is 28.7 Å². The number of para-hydroxylation sites is 1. The highest BCUT2D eigenvalue weighted by Gasteiger charge is 2.36. The molecular formula is C28H19F3N2O4. The Labute approximate surface area is 209 Å². The number of alkyl halides is 3. The second kappa shape index (κ2) is 8.75. The van der Waals surface area contributed by atoms with Crippen LogP contribution in [0.15, 0.2) is 81.3 Å². The maximum absolute atomic E-state index is 13.6. The minimum Gasteiger partial charge on any atom is -0.496 e. The molecule has 0 aliphatic carbocycles. The van der Waals surface area contributed by atoms with E-state index in [9.17, 15) is 23.2 Å². The van der Waals surface area contributed by atoms with Gasteiger partial charge in [0.25, 0.3) is 0 Å². The molecule has 0 spiro atoms. The molecule has 3 aromatic carbocycles. The van der Waals surface area contributed by atoms with Gasteiger partial charge in [0.05, 0.1) is 29.5 Å². The summed E-state index contributed by atoms with van der Waals surface area (Å²) in [7, 11) is 1.40. The fraction of sp³-hybridized carbons (Fsp3) is 0.143. The van der Waals surface area contributed by atoms with Gasteiger partial charge in [-0.1, -0.05) is 30.3 Å². The lowest BCUT2D eigenvalue weighted by Gasteiger charge is -2.26. The summed E-state index contributed by atoms with van der Waals surface area (Å²) in [5, 5.41) is 10.4. The second-order valence-electron chi connectivity index (χ2n) is 8.54. The van der Waals surface area contributed by atoms with Crippen LogP contribution in [0.4, 0.5) is 13.2 Å². The number of nitrogens with zero attached hydrogens (tertiary/aromatic N) is 1. The number of benzene rings is 3. The van der Waals surface area contributed by atoms with Gasteiger partial charge in [-0.15, -0.1) is 0 Å². The van der Waals surface area contributed by atoms with Crippen LogP contribution in [-0.4, -0.2) is 7.11 Å². The number of ether oxygens (including phenoxy) is 2. The van der Waals surface area contributed by atoms with Crippen molar-refractivity contribution >= 4 is 11.0 Å². The molecule has 9 heteroatoms. The highest BCUT2D eigenvalue weighted by atomic mass is 19.4. The van der Waals surface area contributed by atoms with Gasteiger partial charge in [-0.25, -0.2) is 4.79 Å². The number of rotatable bonds is 3. The third-order valence-corrected chi connectivity index (χ3v) is 6.39. The van der Waals surface area contributed by atoms with Crippen molar-refractivity contribution in [3.63, 3.8) is 0 Å². The third kappa shape index (κ3) is 3.96. The van der Waals surface area contributed by atoms with E-state index in [1.54, 1.807) is 48.5 Å². The molecule has 5 rings (SSSR count). The largest absolute Gasteiger partial charge is 0.496 e. The van der Waals surface area contributed by atoms with Crippen molar-refractivity contribution in [2.45, 2.75) is 19.0 Å². The molecule has 0 amide bonds. The summed E-state index contributed by atoms with van der Waals surface area (Å²) in [6.45, 7) is 1.38. The Morgan fingerprint density at radius 1 is 1.08 bits per heavy atom. The molecule has 1 aliphatic heterocycles. The average Bonchev–Trinajstić information content (AvgIpc) is 2.87. The van der Waals surface area contributed by atoms with Gasteiger partial charge in [0.2, 0.25) is 5.88 Å². The molecule has 1 aromatic heterocycles. The van der Waals surface area contributed by atoms with Crippen LogP contribution in [0, 0.1) is 18.3 Å². The number of halogens is 3. The van der Waals surface area contributed by atoms with E-state index in [0.29, 0.717) is 22.3 Å². The molecular weight excluding hydrogens is 485 g/mol. The van der Waals surface area contributed by atoms with E-state index in [1.807, 2.05) is 6.07 Å². The van der Waals surface area contributed by atoms with Gasteiger partial charge >= 0.3 is 11.8 Å². The van der Waals surface area contributed by atoms with Crippen molar-refractivity contribution in [1.82, 2.24) is 0 Å². The monoisotopic (exact) mass is 504 g/mol. The molecule has 1 unspecified atom stereocenters. The van der Waals surface area contributed by atoms with Crippen molar-refractivity contribution < 1.29 is 27.1 Å². The Bertz CT molecular complexity index is 1700. The van der Waals surface area contributed by atoms with Gasteiger partial charge in [0.15, 0.2) is 5.75 Å². The number of hydrogen-bond acceptors (Lipinski definition) is 6. The molecule has 0 saturated carbocycles. The lowest BCUT2D eigenvalue weighted by atomic mass is 9.82. The zero-order valence-electron chi connectivity index (χ0n) is 19.6. The summed E-state index contributed by atoms with van der Waals surface area (Å²) in [6.07, 6.45) is -4.55. The van der Waals surface area contributed by atoms with Crippen LogP contribution in [0.25, 0.3) is 22.1 Å². The van der Waals surface area contributed by atoms with Crippen molar-refractivity contribution in [2.24, 2.45) is 5.73 Å². The number of aryl methyl sites for hydroxylation is 1. The number of allylic oxidation sites excluding steroid dienone is 1. The first-order chi connectivity index (χ1) is 17.6. The number of fused-ring (bicyclic) bond motifs is 3. The van der Waals surface area contributed by atoms with E-state index in [4.69, 9.17) is 19.6 Å². The van der Waals surface area contributed by atoms with E-state index in [0.717, 1.165) is 6.07 Å². The first kappa shape index (κ1) is 24.0. The van der Waals surface area contributed by atoms with Crippen molar-refractivity contribution in [2.75, 3.05) is 7.11 Å². The molecule has 186 valence electrons. The van der Waals surface area contributed by atoms with Gasteiger partial charge < -0.3 is 19.6 Å². The summed E-state index contributed by atoms with van der Waals surface area (Å²) in [4.78, 5) is 13.1. The van der Waals surface area contributed by atoms with Crippen LogP contribution in [0.5, 0.6) is 11.5 Å². The minimum atomic E-state index is -4.55. The predicted molar refractivity (Wildman–Crippen MR) is 130 cm³/mol. The van der Waals surface area contributed by atoms with E-state index >= 15 is 0 Å². The molecule has 6 nitrogen and oxygen atoms in total. The van der Waals surface area contributed by atoms with E-state index < -0.39 is 23.3 Å². The molecule has 1 aliphatic rings. The summed E-state index contributed by atoms with van der Waals surface area (Å²) < 4.78 is 57.6. The summed E-state index contributed by atoms with van der Waals surface area (Å²) in [5.74, 6) is -0.677. The fourth-order valence-electron chi connectivity index (χ4n) is 4.62. The molecule has 2 N–H and O–H groups in total. The number of nitriles is 1. The van der Waals surface area contributed by atoms with E-state index in [-0.39, 0.29) is 39.5 Å². The summed E-state index contributed by atoms with van der Waals surface area (Å²) in [6, 6.07) is 17.5. The maximum Gasteiger partial charge on any atom is 0.416 e. The topological polar surface area (TPSA) is 98.5 Å². The van der Waals surface area contributed by atoms with Crippen LogP contribution < -0.4 is 20.8 Å². The van der Waals surface area contributed by atoms with Crippen LogP contribution in [0.2, 0.25) is 0 Å². The van der Waals surface area contributed by atoms with Gasteiger partial charge in [-0.2, -0.15) is 18.4 Å². The van der Waals surface area contributed by atoms with E-state index in [1.165, 1.54) is 20.1 Å². The standard InChI is InChI=1S/C28H19F3N2O4/c1-14-7-8-15(12-20(14)28(29,30)31)18-11-16(9-10-21(18)35-2)23-19(13-32)26(33)37-25-17-5-3-4-6-22(17)36-27(34)24(23)25/h3-12,23H,33H2,1-2H3. The maximum atomic E-state index is 13.6. The van der Waals surface area contributed by atoms with Crippen LogP contribution in [-0.2, 0) is 6.18 Å². The Hall–Kier alpha value is -4.71. The second-order valence-corrected chi connectivity index (χ2v) is 8.54. The molecule has 1 atom stereocenters. The van der Waals surface area contributed by atoms with Crippen molar-refractivity contribution in [1.29, 1.82) is 5.26 Å². The Balaban J connectivity index is 1.77. The Kier molecular flexibility index (Phi) is 5.67. The average molecular weight is 504 g/mol. The quantitative estimate of drug-likeness (QED) is 0.343. The third-order valence-electron chi connectivity index (χ3n) is 6.39. The molecule has 0 fully saturated rings. The SMILES string of the molecule is COc1ccc(C2C(C#N)=C(N)Oc3c2c(=O)oc2ccccc32)cc1-c1ccc(C)c(C(F)(F)F)c1. The zero-order valence-corrected chi connectivity index (χ0v) is 19.6. The number of methoxy groups -OCH3 is 1. The molecule has 0 radical (unpaired) electrons. The molecule has 4 aromatic rings. The number of hydrogen-bond donors (Lipinski definition) is 1. The van der Waals surface area contributed by atoms with Gasteiger partial charge in [-0.05, 0) is 53.9 Å². The number of nitrogens with two attached hydrogens (primary N) is 1. The molecule has 37 heavy (non-hydrogen) atoms. The van der Waals surface area contributed by atoms with Gasteiger partial charge in [0.1, 0.15) is 23.0 Å². The zero-order chi connectivity index (χ0) is 26.5. The van der Waals surface area contributed by atoms with Crippen LogP contribution in [0.1, 0.15) is 28.2 Å². The lowest BCUT2D eigenvalue weighted by molar-refractivity contribution is -0.138. The predicted octanol–water partition coefficient (Wildman–Crippen LogP) is 6.01. The first-order valence-corrected chi connectivity index (χ1v) is 11.1. The van der Waals surface area contributed by atoms with Gasteiger partial charge in [-0.3, -0.25) is 0 Å². The van der Waals surface area contributed by atoms with E-state index in [2.05, 4.69) is 0 Å². The minimum absolute atomic E-state index is 0.0221. The highest BCUT2D eigenvalue weighted by molar-refractivity contribution is 5.86. The molecule has 0 bridgehead atoms. The lowest BCUT2D eigenvalue weighted by Crippen LogP contribution is -2.26. The smallest absolute Gasteiger partial charge is 0.416 e. The molecule has 0 saturated heterocycles. The highest BCUT2D eigenvalue weighted by Crippen LogP contribution is 2.45. The molecule has 2 heterocycles.